The van der Waals surface area contributed by atoms with Gasteiger partial charge in [0, 0.05) is 5.56 Å². The molecule has 0 aliphatic rings. The van der Waals surface area contributed by atoms with Crippen molar-refractivity contribution in [2.24, 2.45) is 0 Å². The highest BCUT2D eigenvalue weighted by Crippen LogP contribution is 2.25. The van der Waals surface area contributed by atoms with E-state index in [1.54, 1.807) is 13.1 Å². The molecule has 0 radical (unpaired) electrons. The molecule has 0 aliphatic carbocycles. The lowest BCUT2D eigenvalue weighted by Gasteiger charge is -2.19. The Morgan fingerprint density at radius 2 is 1.75 bits per heavy atom. The summed E-state index contributed by atoms with van der Waals surface area (Å²) in [5, 5.41) is 21.8. The lowest BCUT2D eigenvalue weighted by molar-refractivity contribution is 0.0935. The van der Waals surface area contributed by atoms with Gasteiger partial charge in [-0.05, 0) is 37.1 Å². The summed E-state index contributed by atoms with van der Waals surface area (Å²) in [4.78, 5) is 30.3. The van der Waals surface area contributed by atoms with Crippen LogP contribution in [-0.2, 0) is 0 Å². The van der Waals surface area contributed by atoms with E-state index in [0.29, 0.717) is 28.2 Å². The molecule has 5 rings (SSSR count). The van der Waals surface area contributed by atoms with Crippen molar-refractivity contribution in [3.05, 3.63) is 89.0 Å². The zero-order chi connectivity index (χ0) is 28.4. The summed E-state index contributed by atoms with van der Waals surface area (Å²) in [7, 11) is 0. The van der Waals surface area contributed by atoms with Crippen LogP contribution in [0.2, 0.25) is 0 Å². The van der Waals surface area contributed by atoms with E-state index in [-0.39, 0.29) is 23.2 Å². The smallest absolute Gasteiger partial charge is 0.274 e. The van der Waals surface area contributed by atoms with Crippen LogP contribution in [0.15, 0.2) is 54.9 Å². The van der Waals surface area contributed by atoms with Crippen molar-refractivity contribution in [2.45, 2.75) is 25.9 Å². The number of nitrogens with one attached hydrogen (secondary N) is 3. The third-order valence-electron chi connectivity index (χ3n) is 6.24. The molecule has 2 aromatic carbocycles. The summed E-state index contributed by atoms with van der Waals surface area (Å²) < 4.78 is 27.0. The van der Waals surface area contributed by atoms with E-state index < -0.39 is 23.6 Å². The SMILES string of the molecule is C[C@H](NC(=O)c1nc(C#N)cnc1N[C@H](C)c1ccc(-c2cnc3n[nH]c(N)c3n2)cc1)c1ccc(F)c(F)c1. The molecule has 0 fully saturated rings. The number of aromatic amines is 1. The van der Waals surface area contributed by atoms with Crippen LogP contribution < -0.4 is 16.4 Å². The van der Waals surface area contributed by atoms with Gasteiger partial charge in [-0.1, -0.05) is 30.3 Å². The fraction of sp³-hybridized carbons (Fsp3) is 0.148. The minimum atomic E-state index is -1.02. The summed E-state index contributed by atoms with van der Waals surface area (Å²) >= 11 is 0. The first kappa shape index (κ1) is 26.1. The second-order valence-electron chi connectivity index (χ2n) is 8.99. The molecule has 0 aliphatic heterocycles. The van der Waals surface area contributed by atoms with Gasteiger partial charge in [0.1, 0.15) is 11.9 Å². The van der Waals surface area contributed by atoms with Crippen molar-refractivity contribution < 1.29 is 13.6 Å². The van der Waals surface area contributed by atoms with E-state index in [0.717, 1.165) is 23.3 Å². The monoisotopic (exact) mass is 540 g/mol. The molecule has 0 spiro atoms. The van der Waals surface area contributed by atoms with Crippen LogP contribution in [0, 0.1) is 23.0 Å². The van der Waals surface area contributed by atoms with Gasteiger partial charge in [0.05, 0.1) is 30.2 Å². The van der Waals surface area contributed by atoms with Crippen molar-refractivity contribution in [1.82, 2.24) is 35.5 Å². The predicted octanol–water partition coefficient (Wildman–Crippen LogP) is 4.21. The minimum Gasteiger partial charge on any atom is -0.382 e. The minimum absolute atomic E-state index is 0.0514. The van der Waals surface area contributed by atoms with Gasteiger partial charge < -0.3 is 16.4 Å². The number of carbonyl (C=O) groups is 1. The number of fused-ring (bicyclic) bond motifs is 1. The molecular formula is C27H22F2N10O. The van der Waals surface area contributed by atoms with Gasteiger partial charge in [0.25, 0.3) is 5.91 Å². The molecule has 3 aromatic heterocycles. The van der Waals surface area contributed by atoms with E-state index in [4.69, 9.17) is 5.73 Å². The molecule has 0 saturated carbocycles. The Morgan fingerprint density at radius 3 is 2.48 bits per heavy atom. The normalized spacial score (nSPS) is 12.5. The summed E-state index contributed by atoms with van der Waals surface area (Å²) in [6.45, 7) is 3.49. The number of benzene rings is 2. The van der Waals surface area contributed by atoms with Crippen LogP contribution in [-0.4, -0.2) is 36.0 Å². The van der Waals surface area contributed by atoms with E-state index in [2.05, 4.69) is 40.8 Å². The van der Waals surface area contributed by atoms with Crippen LogP contribution >= 0.6 is 0 Å². The van der Waals surface area contributed by atoms with E-state index >= 15 is 0 Å². The Kier molecular flexibility index (Phi) is 6.98. The van der Waals surface area contributed by atoms with Crippen LogP contribution in [0.3, 0.4) is 0 Å². The van der Waals surface area contributed by atoms with Crippen molar-refractivity contribution >= 4 is 28.7 Å². The zero-order valence-electron chi connectivity index (χ0n) is 21.3. The topological polar surface area (TPSA) is 171 Å². The van der Waals surface area contributed by atoms with Gasteiger partial charge in [0.15, 0.2) is 34.4 Å². The molecule has 40 heavy (non-hydrogen) atoms. The first-order valence-electron chi connectivity index (χ1n) is 12.1. The number of H-pyrrole nitrogens is 1. The van der Waals surface area contributed by atoms with Gasteiger partial charge in [-0.25, -0.2) is 28.7 Å². The number of hydrogen-bond donors (Lipinski definition) is 4. The Labute approximate surface area is 226 Å². The van der Waals surface area contributed by atoms with Crippen LogP contribution in [0.1, 0.15) is 53.2 Å². The molecule has 0 bridgehead atoms. The number of nitriles is 1. The Bertz CT molecular complexity index is 1760. The average molecular weight is 541 g/mol. The molecule has 13 heteroatoms. The Morgan fingerprint density at radius 1 is 1.00 bits per heavy atom. The van der Waals surface area contributed by atoms with Gasteiger partial charge >= 0.3 is 0 Å². The largest absolute Gasteiger partial charge is 0.382 e. The number of amides is 1. The summed E-state index contributed by atoms with van der Waals surface area (Å²) in [6.07, 6.45) is 2.86. The highest BCUT2D eigenvalue weighted by molar-refractivity contribution is 5.97. The maximum absolute atomic E-state index is 13.7. The number of nitrogens with two attached hydrogens (primary N) is 1. The number of aromatic nitrogens is 6. The Hall–Kier alpha value is -5.51. The molecule has 11 nitrogen and oxygen atoms in total. The van der Waals surface area contributed by atoms with Gasteiger partial charge in [-0.15, -0.1) is 0 Å². The summed E-state index contributed by atoms with van der Waals surface area (Å²) in [6, 6.07) is 11.8. The van der Waals surface area contributed by atoms with Crippen molar-refractivity contribution in [1.29, 1.82) is 5.26 Å². The second-order valence-corrected chi connectivity index (χ2v) is 8.99. The number of anilines is 2. The first-order chi connectivity index (χ1) is 19.2. The van der Waals surface area contributed by atoms with Gasteiger partial charge in [-0.2, -0.15) is 10.4 Å². The maximum Gasteiger partial charge on any atom is 0.274 e. The van der Waals surface area contributed by atoms with Crippen molar-refractivity contribution in [3.63, 3.8) is 0 Å². The number of hydrogen-bond acceptors (Lipinski definition) is 9. The molecule has 2 atom stereocenters. The van der Waals surface area contributed by atoms with E-state index in [1.807, 2.05) is 37.3 Å². The van der Waals surface area contributed by atoms with Gasteiger partial charge in [0.2, 0.25) is 5.65 Å². The standard InChI is InChI=1S/C27H22F2N10O/c1-13(15-3-5-16(6-4-15)21-12-33-26-22(37-21)24(31)38-39-26)34-25-23(36-18(10-30)11-32-25)27(40)35-14(2)17-7-8-19(28)20(29)9-17/h3-9,11-14H,1-2H3,(H,32,34)(H,35,40)(H3,31,33,38,39)/t13-,14+/m1/s1. The number of rotatable bonds is 7. The van der Waals surface area contributed by atoms with Gasteiger partial charge in [-0.3, -0.25) is 9.89 Å². The third-order valence-corrected chi connectivity index (χ3v) is 6.24. The van der Waals surface area contributed by atoms with Crippen LogP contribution in [0.5, 0.6) is 0 Å². The molecule has 1 amide bonds. The molecule has 0 saturated heterocycles. The van der Waals surface area contributed by atoms with Crippen molar-refractivity contribution in [2.75, 3.05) is 11.1 Å². The van der Waals surface area contributed by atoms with E-state index in [1.165, 1.54) is 12.3 Å². The average Bonchev–Trinajstić information content (AvgIpc) is 3.34. The summed E-state index contributed by atoms with van der Waals surface area (Å²) in [5.41, 5.74) is 9.29. The van der Waals surface area contributed by atoms with Crippen LogP contribution in [0.25, 0.3) is 22.4 Å². The maximum atomic E-state index is 13.7. The molecule has 5 aromatic rings. The number of halogens is 2. The number of carbonyl (C=O) groups excluding carboxylic acids is 1. The fourth-order valence-electron chi connectivity index (χ4n) is 4.02. The third kappa shape index (κ3) is 5.23. The second kappa shape index (κ2) is 10.7. The van der Waals surface area contributed by atoms with E-state index in [9.17, 15) is 18.8 Å². The Balaban J connectivity index is 1.35. The summed E-state index contributed by atoms with van der Waals surface area (Å²) in [5.74, 6) is -2.16. The highest BCUT2D eigenvalue weighted by atomic mass is 19.2. The highest BCUT2D eigenvalue weighted by Gasteiger charge is 2.21. The fourth-order valence-corrected chi connectivity index (χ4v) is 4.02. The first-order valence-corrected chi connectivity index (χ1v) is 12.1. The number of nitrogens with zero attached hydrogens (tertiary/aromatic N) is 6. The molecule has 0 unspecified atom stereocenters. The predicted molar refractivity (Wildman–Crippen MR) is 143 cm³/mol. The number of nitrogen functional groups attached to an aromatic ring is 1. The van der Waals surface area contributed by atoms with Crippen molar-refractivity contribution in [3.8, 4) is 17.3 Å². The quantitative estimate of drug-likeness (QED) is 0.236. The molecule has 200 valence electrons. The zero-order valence-corrected chi connectivity index (χ0v) is 21.3. The molecule has 5 N–H and O–H groups in total. The molecular weight excluding hydrogens is 518 g/mol. The molecule has 3 heterocycles. The lowest BCUT2D eigenvalue weighted by atomic mass is 10.0. The lowest BCUT2D eigenvalue weighted by Crippen LogP contribution is -2.29. The van der Waals surface area contributed by atoms with Crippen LogP contribution in [0.4, 0.5) is 20.4 Å².